The molecule has 0 atom stereocenters. The number of carbonyl (C=O) groups excluding carboxylic acids is 1. The smallest absolute Gasteiger partial charge is 0.222 e. The molecule has 2 aliphatic rings. The number of benzene rings is 1. The van der Waals surface area contributed by atoms with Crippen LogP contribution in [0.1, 0.15) is 62.4 Å². The van der Waals surface area contributed by atoms with E-state index in [9.17, 15) is 4.79 Å². The molecule has 0 N–H and O–H groups in total. The van der Waals surface area contributed by atoms with Crippen molar-refractivity contribution in [3.63, 3.8) is 0 Å². The van der Waals surface area contributed by atoms with Crippen molar-refractivity contribution in [1.82, 2.24) is 19.4 Å². The van der Waals surface area contributed by atoms with Gasteiger partial charge in [0.2, 0.25) is 5.91 Å². The van der Waals surface area contributed by atoms with E-state index in [1.165, 1.54) is 37.1 Å². The van der Waals surface area contributed by atoms with Crippen LogP contribution in [-0.4, -0.2) is 45.5 Å². The maximum absolute atomic E-state index is 12.9. The van der Waals surface area contributed by atoms with Crippen LogP contribution in [0.2, 0.25) is 0 Å². The summed E-state index contributed by atoms with van der Waals surface area (Å²) in [5, 5.41) is 0. The van der Waals surface area contributed by atoms with Gasteiger partial charge in [-0.25, -0.2) is 9.97 Å². The predicted molar refractivity (Wildman–Crippen MR) is 129 cm³/mol. The molecule has 1 aliphatic carbocycles. The van der Waals surface area contributed by atoms with Crippen LogP contribution in [-0.2, 0) is 17.6 Å². The third-order valence-corrected chi connectivity index (χ3v) is 7.44. The van der Waals surface area contributed by atoms with E-state index in [1.54, 1.807) is 7.11 Å². The number of methoxy groups -OCH3 is 1. The molecule has 3 heterocycles. The van der Waals surface area contributed by atoms with Crippen LogP contribution in [0.3, 0.4) is 0 Å². The van der Waals surface area contributed by atoms with Gasteiger partial charge < -0.3 is 14.2 Å². The Morgan fingerprint density at radius 2 is 1.82 bits per heavy atom. The molecular formula is C27H34N4O2. The fourth-order valence-corrected chi connectivity index (χ4v) is 5.55. The maximum atomic E-state index is 12.9. The molecule has 1 amide bonds. The summed E-state index contributed by atoms with van der Waals surface area (Å²) in [6.07, 6.45) is 11.5. The highest BCUT2D eigenvalue weighted by atomic mass is 16.5. The number of likely N-dealkylation sites (tertiary alicyclic amines) is 1. The Balaban J connectivity index is 1.22. The van der Waals surface area contributed by atoms with E-state index < -0.39 is 0 Å². The summed E-state index contributed by atoms with van der Waals surface area (Å²) in [4.78, 5) is 24.6. The van der Waals surface area contributed by atoms with Gasteiger partial charge in [-0.1, -0.05) is 37.8 Å². The van der Waals surface area contributed by atoms with Crippen LogP contribution in [0.15, 0.2) is 42.6 Å². The molecule has 0 unspecified atom stereocenters. The number of hydrogen-bond donors (Lipinski definition) is 0. The summed E-state index contributed by atoms with van der Waals surface area (Å²) in [5.41, 5.74) is 3.19. The minimum absolute atomic E-state index is 0.254. The summed E-state index contributed by atoms with van der Waals surface area (Å²) in [5.74, 6) is 3.05. The summed E-state index contributed by atoms with van der Waals surface area (Å²) >= 11 is 0. The number of fused-ring (bicyclic) bond motifs is 1. The number of carbonyl (C=O) groups is 1. The topological polar surface area (TPSA) is 60.2 Å². The molecule has 1 saturated heterocycles. The standard InChI is InChI=1S/C27H34N4O2/c1-33-23-11-8-20(9-12-23)10-13-26(32)30-17-14-22(15-18-30)31-25(19-21-5-2-3-6-21)29-24-7-4-16-28-27(24)31/h4,7-9,11-12,16,21-22H,2-3,5-6,10,13-15,17-19H2,1H3. The molecule has 5 rings (SSSR count). The van der Waals surface area contributed by atoms with Gasteiger partial charge in [0.15, 0.2) is 5.65 Å². The molecule has 174 valence electrons. The summed E-state index contributed by atoms with van der Waals surface area (Å²) < 4.78 is 7.63. The van der Waals surface area contributed by atoms with Crippen molar-refractivity contribution in [2.24, 2.45) is 5.92 Å². The third kappa shape index (κ3) is 4.90. The molecule has 0 spiro atoms. The van der Waals surface area contributed by atoms with E-state index in [2.05, 4.69) is 10.6 Å². The molecule has 1 aliphatic heterocycles. The van der Waals surface area contributed by atoms with Crippen LogP contribution in [0.5, 0.6) is 5.75 Å². The molecule has 3 aromatic rings. The Labute approximate surface area is 196 Å². The Kier molecular flexibility index (Phi) is 6.60. The Bertz CT molecular complexity index is 1080. The van der Waals surface area contributed by atoms with Crippen molar-refractivity contribution < 1.29 is 9.53 Å². The van der Waals surface area contributed by atoms with E-state index >= 15 is 0 Å². The first-order chi connectivity index (χ1) is 16.2. The zero-order valence-corrected chi connectivity index (χ0v) is 19.6. The number of hydrogen-bond acceptors (Lipinski definition) is 4. The van der Waals surface area contributed by atoms with Gasteiger partial charge >= 0.3 is 0 Å². The molecule has 0 radical (unpaired) electrons. The lowest BCUT2D eigenvalue weighted by molar-refractivity contribution is -0.132. The minimum Gasteiger partial charge on any atom is -0.497 e. The van der Waals surface area contributed by atoms with Crippen molar-refractivity contribution in [1.29, 1.82) is 0 Å². The highest BCUT2D eigenvalue weighted by Gasteiger charge is 2.28. The second-order valence-corrected chi connectivity index (χ2v) is 9.56. The lowest BCUT2D eigenvalue weighted by Gasteiger charge is -2.33. The summed E-state index contributed by atoms with van der Waals surface area (Å²) in [6.45, 7) is 1.61. The number of rotatable bonds is 7. The minimum atomic E-state index is 0.254. The summed E-state index contributed by atoms with van der Waals surface area (Å²) in [6, 6.07) is 12.4. The van der Waals surface area contributed by atoms with E-state index in [-0.39, 0.29) is 5.91 Å². The van der Waals surface area contributed by atoms with Gasteiger partial charge in [-0.2, -0.15) is 0 Å². The number of ether oxygens (including phenoxy) is 1. The van der Waals surface area contributed by atoms with Gasteiger partial charge in [0, 0.05) is 38.2 Å². The van der Waals surface area contributed by atoms with E-state index in [1.807, 2.05) is 41.4 Å². The van der Waals surface area contributed by atoms with Crippen molar-refractivity contribution in [3.05, 3.63) is 54.0 Å². The average Bonchev–Trinajstić information content (AvgIpc) is 3.50. The van der Waals surface area contributed by atoms with Crippen molar-refractivity contribution in [2.45, 2.75) is 63.8 Å². The van der Waals surface area contributed by atoms with Gasteiger partial charge in [-0.15, -0.1) is 0 Å². The second-order valence-electron chi connectivity index (χ2n) is 9.56. The van der Waals surface area contributed by atoms with E-state index in [0.29, 0.717) is 12.5 Å². The lowest BCUT2D eigenvalue weighted by atomic mass is 10.0. The van der Waals surface area contributed by atoms with Crippen molar-refractivity contribution >= 4 is 17.1 Å². The number of aromatic nitrogens is 3. The van der Waals surface area contributed by atoms with Gasteiger partial charge in [-0.3, -0.25) is 4.79 Å². The molecule has 1 saturated carbocycles. The molecular weight excluding hydrogens is 412 g/mol. The monoisotopic (exact) mass is 446 g/mol. The number of amides is 1. The number of imidazole rings is 1. The highest BCUT2D eigenvalue weighted by molar-refractivity contribution is 5.76. The molecule has 2 fully saturated rings. The van der Waals surface area contributed by atoms with Crippen molar-refractivity contribution in [2.75, 3.05) is 20.2 Å². The Hall–Kier alpha value is -2.89. The first-order valence-electron chi connectivity index (χ1n) is 12.4. The highest BCUT2D eigenvalue weighted by Crippen LogP contribution is 2.33. The van der Waals surface area contributed by atoms with E-state index in [4.69, 9.17) is 14.7 Å². The van der Waals surface area contributed by atoms with Gasteiger partial charge in [0.05, 0.1) is 7.11 Å². The molecule has 6 nitrogen and oxygen atoms in total. The third-order valence-electron chi connectivity index (χ3n) is 7.44. The first-order valence-corrected chi connectivity index (χ1v) is 12.4. The van der Waals surface area contributed by atoms with Crippen LogP contribution in [0.4, 0.5) is 0 Å². The molecule has 1 aromatic carbocycles. The van der Waals surface area contributed by atoms with Crippen LogP contribution < -0.4 is 4.74 Å². The fourth-order valence-electron chi connectivity index (χ4n) is 5.55. The second kappa shape index (κ2) is 9.94. The number of nitrogens with zero attached hydrogens (tertiary/aromatic N) is 4. The van der Waals surface area contributed by atoms with Gasteiger partial charge in [0.1, 0.15) is 17.1 Å². The average molecular weight is 447 g/mol. The summed E-state index contributed by atoms with van der Waals surface area (Å²) in [7, 11) is 1.67. The number of aryl methyl sites for hydroxylation is 1. The molecule has 2 aromatic heterocycles. The molecule has 33 heavy (non-hydrogen) atoms. The van der Waals surface area contributed by atoms with Gasteiger partial charge in [-0.05, 0) is 55.0 Å². The number of pyridine rings is 1. The lowest BCUT2D eigenvalue weighted by Crippen LogP contribution is -2.39. The Morgan fingerprint density at radius 1 is 1.06 bits per heavy atom. The first kappa shape index (κ1) is 21.9. The van der Waals surface area contributed by atoms with Crippen molar-refractivity contribution in [3.8, 4) is 5.75 Å². The SMILES string of the molecule is COc1ccc(CCC(=O)N2CCC(n3c(CC4CCCC4)nc4cccnc43)CC2)cc1. The van der Waals surface area contributed by atoms with Crippen LogP contribution >= 0.6 is 0 Å². The van der Waals surface area contributed by atoms with Crippen LogP contribution in [0.25, 0.3) is 11.2 Å². The maximum Gasteiger partial charge on any atom is 0.222 e. The quantitative estimate of drug-likeness (QED) is 0.514. The molecule has 0 bridgehead atoms. The zero-order valence-electron chi connectivity index (χ0n) is 19.6. The largest absolute Gasteiger partial charge is 0.497 e. The van der Waals surface area contributed by atoms with Crippen LogP contribution in [0, 0.1) is 5.92 Å². The zero-order chi connectivity index (χ0) is 22.6. The van der Waals surface area contributed by atoms with E-state index in [0.717, 1.165) is 61.6 Å². The normalized spacial score (nSPS) is 17.7. The Morgan fingerprint density at radius 3 is 2.55 bits per heavy atom. The fraction of sp³-hybridized carbons (Fsp3) is 0.519. The predicted octanol–water partition coefficient (Wildman–Crippen LogP) is 4.97. The number of piperidine rings is 1. The van der Waals surface area contributed by atoms with Gasteiger partial charge in [0.25, 0.3) is 0 Å². The molecule has 6 heteroatoms.